The van der Waals surface area contributed by atoms with E-state index in [4.69, 9.17) is 11.6 Å². The fourth-order valence-corrected chi connectivity index (χ4v) is 2.00. The SMILES string of the molecule is C=CC(C)(CBr)Cc1ccc(Cl)c(C)c1. The quantitative estimate of drug-likeness (QED) is 0.552. The molecule has 0 aliphatic heterocycles. The van der Waals surface area contributed by atoms with E-state index in [1.165, 1.54) is 5.56 Å². The molecule has 0 spiro atoms. The first kappa shape index (κ1) is 12.8. The number of aryl methyl sites for hydroxylation is 1. The summed E-state index contributed by atoms with van der Waals surface area (Å²) in [5.74, 6) is 0. The van der Waals surface area contributed by atoms with Crippen molar-refractivity contribution in [3.05, 3.63) is 47.0 Å². The molecule has 0 bridgehead atoms. The second-order valence-electron chi connectivity index (χ2n) is 4.25. The molecule has 0 N–H and O–H groups in total. The van der Waals surface area contributed by atoms with E-state index in [1.807, 2.05) is 19.1 Å². The standard InChI is InChI=1S/C13H16BrCl/c1-4-13(3,9-14)8-11-5-6-12(15)10(2)7-11/h4-7H,1,8-9H2,2-3H3. The summed E-state index contributed by atoms with van der Waals surface area (Å²) in [6.07, 6.45) is 2.99. The molecule has 0 aliphatic carbocycles. The van der Waals surface area contributed by atoms with Crippen LogP contribution in [0.5, 0.6) is 0 Å². The second kappa shape index (κ2) is 5.18. The van der Waals surface area contributed by atoms with Crippen LogP contribution < -0.4 is 0 Å². The minimum absolute atomic E-state index is 0.111. The summed E-state index contributed by atoms with van der Waals surface area (Å²) in [5.41, 5.74) is 2.55. The third kappa shape index (κ3) is 3.35. The fraction of sp³-hybridized carbons (Fsp3) is 0.385. The summed E-state index contributed by atoms with van der Waals surface area (Å²) in [7, 11) is 0. The molecule has 0 fully saturated rings. The highest BCUT2D eigenvalue weighted by molar-refractivity contribution is 9.09. The minimum atomic E-state index is 0.111. The number of hydrogen-bond acceptors (Lipinski definition) is 0. The van der Waals surface area contributed by atoms with Crippen LogP contribution in [0.25, 0.3) is 0 Å². The highest BCUT2D eigenvalue weighted by Crippen LogP contribution is 2.27. The van der Waals surface area contributed by atoms with Crippen molar-refractivity contribution in [1.29, 1.82) is 0 Å². The maximum atomic E-state index is 5.99. The van der Waals surface area contributed by atoms with Crippen LogP contribution >= 0.6 is 27.5 Å². The van der Waals surface area contributed by atoms with Crippen LogP contribution in [0.4, 0.5) is 0 Å². The minimum Gasteiger partial charge on any atom is -0.102 e. The number of rotatable bonds is 4. The van der Waals surface area contributed by atoms with Crippen LogP contribution in [0.15, 0.2) is 30.9 Å². The molecule has 1 atom stereocenters. The molecule has 0 heterocycles. The zero-order chi connectivity index (χ0) is 11.5. The summed E-state index contributed by atoms with van der Waals surface area (Å²) in [6.45, 7) is 8.11. The third-order valence-electron chi connectivity index (χ3n) is 2.63. The van der Waals surface area contributed by atoms with E-state index in [0.29, 0.717) is 0 Å². The molecule has 0 saturated heterocycles. The zero-order valence-electron chi connectivity index (χ0n) is 9.19. The maximum absolute atomic E-state index is 5.99. The van der Waals surface area contributed by atoms with Gasteiger partial charge in [0.1, 0.15) is 0 Å². The Hall–Kier alpha value is -0.270. The maximum Gasteiger partial charge on any atom is 0.0435 e. The molecule has 1 unspecified atom stereocenters. The van der Waals surface area contributed by atoms with E-state index in [1.54, 1.807) is 0 Å². The summed E-state index contributed by atoms with van der Waals surface area (Å²) in [5, 5.41) is 1.75. The third-order valence-corrected chi connectivity index (χ3v) is 4.33. The molecule has 0 nitrogen and oxygen atoms in total. The van der Waals surface area contributed by atoms with Gasteiger partial charge in [-0.2, -0.15) is 0 Å². The number of allylic oxidation sites excluding steroid dienone is 1. The lowest BCUT2D eigenvalue weighted by Crippen LogP contribution is -2.18. The van der Waals surface area contributed by atoms with E-state index in [9.17, 15) is 0 Å². The van der Waals surface area contributed by atoms with Crippen LogP contribution in [0.2, 0.25) is 5.02 Å². The second-order valence-corrected chi connectivity index (χ2v) is 5.22. The first-order valence-electron chi connectivity index (χ1n) is 4.95. The van der Waals surface area contributed by atoms with Gasteiger partial charge in [0.05, 0.1) is 0 Å². The fourth-order valence-electron chi connectivity index (χ4n) is 1.46. The van der Waals surface area contributed by atoms with Gasteiger partial charge in [0.2, 0.25) is 0 Å². The first-order chi connectivity index (χ1) is 7.00. The Morgan fingerprint density at radius 3 is 2.67 bits per heavy atom. The number of alkyl halides is 1. The lowest BCUT2D eigenvalue weighted by atomic mass is 9.85. The van der Waals surface area contributed by atoms with Crippen molar-refractivity contribution in [1.82, 2.24) is 0 Å². The van der Waals surface area contributed by atoms with Crippen LogP contribution in [0.3, 0.4) is 0 Å². The summed E-state index contributed by atoms with van der Waals surface area (Å²) >= 11 is 9.52. The summed E-state index contributed by atoms with van der Waals surface area (Å²) < 4.78 is 0. The van der Waals surface area contributed by atoms with Crippen LogP contribution in [0, 0.1) is 12.3 Å². The summed E-state index contributed by atoms with van der Waals surface area (Å²) in [4.78, 5) is 0. The van der Waals surface area contributed by atoms with Gasteiger partial charge in [-0.05, 0) is 36.0 Å². The lowest BCUT2D eigenvalue weighted by molar-refractivity contribution is 0.493. The molecule has 1 rings (SSSR count). The van der Waals surface area contributed by atoms with Gasteiger partial charge in [0.15, 0.2) is 0 Å². The van der Waals surface area contributed by atoms with Crippen molar-refractivity contribution in [3.63, 3.8) is 0 Å². The monoisotopic (exact) mass is 286 g/mol. The average molecular weight is 288 g/mol. The highest BCUT2D eigenvalue weighted by Gasteiger charge is 2.19. The Kier molecular flexibility index (Phi) is 4.42. The van der Waals surface area contributed by atoms with E-state index >= 15 is 0 Å². The van der Waals surface area contributed by atoms with Gasteiger partial charge < -0.3 is 0 Å². The lowest BCUT2D eigenvalue weighted by Gasteiger charge is -2.23. The predicted octanol–water partition coefficient (Wildman–Crippen LogP) is 4.78. The van der Waals surface area contributed by atoms with E-state index in [2.05, 4.69) is 41.6 Å². The Bertz CT molecular complexity index is 360. The molecule has 0 aliphatic rings. The van der Waals surface area contributed by atoms with Gasteiger partial charge in [0, 0.05) is 10.4 Å². The smallest absolute Gasteiger partial charge is 0.0435 e. The molecule has 2 heteroatoms. The molecule has 0 saturated carbocycles. The molecule has 82 valence electrons. The highest BCUT2D eigenvalue weighted by atomic mass is 79.9. The van der Waals surface area contributed by atoms with Gasteiger partial charge >= 0.3 is 0 Å². The number of halogens is 2. The Morgan fingerprint density at radius 1 is 1.53 bits per heavy atom. The molecule has 1 aromatic carbocycles. The van der Waals surface area contributed by atoms with Gasteiger partial charge in [-0.25, -0.2) is 0 Å². The van der Waals surface area contributed by atoms with E-state index in [0.717, 1.165) is 22.3 Å². The van der Waals surface area contributed by atoms with Crippen LogP contribution in [-0.2, 0) is 6.42 Å². The molecular formula is C13H16BrCl. The van der Waals surface area contributed by atoms with E-state index < -0.39 is 0 Å². The molecule has 0 aromatic heterocycles. The topological polar surface area (TPSA) is 0 Å². The van der Waals surface area contributed by atoms with Gasteiger partial charge in [-0.1, -0.05) is 52.7 Å². The summed E-state index contributed by atoms with van der Waals surface area (Å²) in [6, 6.07) is 6.19. The average Bonchev–Trinajstić information content (AvgIpc) is 2.23. The van der Waals surface area contributed by atoms with Gasteiger partial charge in [0.25, 0.3) is 0 Å². The number of hydrogen-bond donors (Lipinski definition) is 0. The first-order valence-corrected chi connectivity index (χ1v) is 6.45. The normalized spacial score (nSPS) is 14.7. The zero-order valence-corrected chi connectivity index (χ0v) is 11.5. The van der Waals surface area contributed by atoms with Crippen molar-refractivity contribution < 1.29 is 0 Å². The molecule has 0 radical (unpaired) electrons. The Labute approximate surface area is 105 Å². The predicted molar refractivity (Wildman–Crippen MR) is 72.0 cm³/mol. The molecular weight excluding hydrogens is 272 g/mol. The largest absolute Gasteiger partial charge is 0.102 e. The Balaban J connectivity index is 2.89. The Morgan fingerprint density at radius 2 is 2.20 bits per heavy atom. The van der Waals surface area contributed by atoms with Gasteiger partial charge in [-0.3, -0.25) is 0 Å². The molecule has 0 amide bonds. The van der Waals surface area contributed by atoms with Crippen molar-refractivity contribution >= 4 is 27.5 Å². The van der Waals surface area contributed by atoms with Crippen molar-refractivity contribution in [2.75, 3.05) is 5.33 Å². The van der Waals surface area contributed by atoms with Crippen molar-refractivity contribution in [2.45, 2.75) is 20.3 Å². The number of benzene rings is 1. The van der Waals surface area contributed by atoms with Crippen LogP contribution in [0.1, 0.15) is 18.1 Å². The molecule has 1 aromatic rings. The molecule has 15 heavy (non-hydrogen) atoms. The van der Waals surface area contributed by atoms with Crippen molar-refractivity contribution in [3.8, 4) is 0 Å². The van der Waals surface area contributed by atoms with E-state index in [-0.39, 0.29) is 5.41 Å². The van der Waals surface area contributed by atoms with Gasteiger partial charge in [-0.15, -0.1) is 6.58 Å². The van der Waals surface area contributed by atoms with Crippen LogP contribution in [-0.4, -0.2) is 5.33 Å². The van der Waals surface area contributed by atoms with Crippen molar-refractivity contribution in [2.24, 2.45) is 5.41 Å².